The van der Waals surface area contributed by atoms with E-state index < -0.39 is 5.60 Å². The third-order valence-electron chi connectivity index (χ3n) is 3.36. The summed E-state index contributed by atoms with van der Waals surface area (Å²) in [4.78, 5) is 13.4. The fraction of sp³-hybridized carbons (Fsp3) is 0.929. The Morgan fingerprint density at radius 3 is 2.42 bits per heavy atom. The molecule has 1 fully saturated rings. The Morgan fingerprint density at radius 1 is 1.32 bits per heavy atom. The minimum absolute atomic E-state index is 0.264. The molecule has 0 radical (unpaired) electrons. The molecule has 0 aromatic carbocycles. The molecule has 0 unspecified atom stereocenters. The van der Waals surface area contributed by atoms with E-state index in [1.807, 2.05) is 20.8 Å². The molecule has 0 spiro atoms. The van der Waals surface area contributed by atoms with Crippen molar-refractivity contribution < 1.29 is 9.53 Å². The van der Waals surface area contributed by atoms with Gasteiger partial charge in [0.25, 0.3) is 0 Å². The highest BCUT2D eigenvalue weighted by Crippen LogP contribution is 2.16. The highest BCUT2D eigenvalue weighted by Gasteiger charge is 2.20. The van der Waals surface area contributed by atoms with E-state index in [4.69, 9.17) is 10.5 Å². The standard InChI is InChI=1S/C14H29N3O2/c1-14(2,3)19-13(18)17(4)10-9-16-12-7-5-11(15)6-8-12/h11-12,16H,5-10,15H2,1-4H3. The summed E-state index contributed by atoms with van der Waals surface area (Å²) in [5.74, 6) is 0. The number of nitrogens with two attached hydrogens (primary N) is 1. The number of nitrogens with one attached hydrogen (secondary N) is 1. The third kappa shape index (κ3) is 6.78. The Balaban J connectivity index is 2.16. The molecule has 0 saturated heterocycles. The fourth-order valence-corrected chi connectivity index (χ4v) is 2.19. The van der Waals surface area contributed by atoms with E-state index in [0.717, 1.165) is 32.2 Å². The summed E-state index contributed by atoms with van der Waals surface area (Å²) < 4.78 is 5.30. The average molecular weight is 271 g/mol. The SMILES string of the molecule is CN(CCNC1CCC(N)CC1)C(=O)OC(C)(C)C. The summed E-state index contributed by atoms with van der Waals surface area (Å²) in [6.07, 6.45) is 4.20. The lowest BCUT2D eigenvalue weighted by molar-refractivity contribution is 0.0299. The Hall–Kier alpha value is -0.810. The Kier molecular flexibility index (Phi) is 6.07. The van der Waals surface area contributed by atoms with Crippen LogP contribution < -0.4 is 11.1 Å². The maximum absolute atomic E-state index is 11.7. The number of carbonyl (C=O) groups is 1. The maximum atomic E-state index is 11.7. The third-order valence-corrected chi connectivity index (χ3v) is 3.36. The van der Waals surface area contributed by atoms with E-state index in [-0.39, 0.29) is 6.09 Å². The molecule has 1 amide bonds. The van der Waals surface area contributed by atoms with E-state index in [9.17, 15) is 4.79 Å². The summed E-state index contributed by atoms with van der Waals surface area (Å²) in [7, 11) is 1.77. The molecule has 112 valence electrons. The monoisotopic (exact) mass is 271 g/mol. The van der Waals surface area contributed by atoms with E-state index in [1.165, 1.54) is 0 Å². The van der Waals surface area contributed by atoms with Gasteiger partial charge in [-0.25, -0.2) is 4.79 Å². The molecule has 3 N–H and O–H groups in total. The molecule has 1 rings (SSSR count). The van der Waals surface area contributed by atoms with Crippen molar-refractivity contribution in [3.63, 3.8) is 0 Å². The zero-order valence-corrected chi connectivity index (χ0v) is 12.7. The molecule has 19 heavy (non-hydrogen) atoms. The van der Waals surface area contributed by atoms with Crippen LogP contribution in [0.3, 0.4) is 0 Å². The van der Waals surface area contributed by atoms with Gasteiger partial charge in [0.05, 0.1) is 0 Å². The van der Waals surface area contributed by atoms with Gasteiger partial charge in [0, 0.05) is 32.2 Å². The normalized spacial score (nSPS) is 24.1. The zero-order chi connectivity index (χ0) is 14.5. The number of carbonyl (C=O) groups excluding carboxylic acids is 1. The number of nitrogens with zero attached hydrogens (tertiary/aromatic N) is 1. The predicted molar refractivity (Wildman–Crippen MR) is 77.1 cm³/mol. The first-order valence-electron chi connectivity index (χ1n) is 7.21. The van der Waals surface area contributed by atoms with Crippen LogP contribution in [0.4, 0.5) is 4.79 Å². The van der Waals surface area contributed by atoms with Crippen molar-refractivity contribution in [1.82, 2.24) is 10.2 Å². The van der Waals surface area contributed by atoms with Gasteiger partial charge < -0.3 is 20.7 Å². The van der Waals surface area contributed by atoms with Gasteiger partial charge in [0.15, 0.2) is 0 Å². The zero-order valence-electron chi connectivity index (χ0n) is 12.7. The number of ether oxygens (including phenoxy) is 1. The minimum Gasteiger partial charge on any atom is -0.444 e. The second kappa shape index (κ2) is 7.10. The van der Waals surface area contributed by atoms with Gasteiger partial charge >= 0.3 is 6.09 Å². The molecule has 0 aromatic rings. The van der Waals surface area contributed by atoms with Crippen LogP contribution in [-0.2, 0) is 4.74 Å². The van der Waals surface area contributed by atoms with Crippen molar-refractivity contribution >= 4 is 6.09 Å². The van der Waals surface area contributed by atoms with Crippen molar-refractivity contribution in [2.24, 2.45) is 5.73 Å². The molecule has 1 aliphatic rings. The molecule has 5 heteroatoms. The van der Waals surface area contributed by atoms with Crippen molar-refractivity contribution in [3.05, 3.63) is 0 Å². The molecule has 5 nitrogen and oxygen atoms in total. The topological polar surface area (TPSA) is 67.6 Å². The summed E-state index contributed by atoms with van der Waals surface area (Å²) in [6.45, 7) is 7.10. The predicted octanol–water partition coefficient (Wildman–Crippen LogP) is 1.71. The lowest BCUT2D eigenvalue weighted by atomic mass is 9.92. The second-order valence-corrected chi connectivity index (χ2v) is 6.47. The molecule has 0 heterocycles. The molecule has 0 aliphatic heterocycles. The number of likely N-dealkylation sites (N-methyl/N-ethyl adjacent to an activating group) is 1. The van der Waals surface area contributed by atoms with Crippen LogP contribution >= 0.6 is 0 Å². The molecular formula is C14H29N3O2. The number of amides is 1. The molecule has 1 saturated carbocycles. The quantitative estimate of drug-likeness (QED) is 0.817. The summed E-state index contributed by atoms with van der Waals surface area (Å²) >= 11 is 0. The van der Waals surface area contributed by atoms with Gasteiger partial charge in [0.1, 0.15) is 5.60 Å². The van der Waals surface area contributed by atoms with Crippen LogP contribution in [0.15, 0.2) is 0 Å². The average Bonchev–Trinajstić information content (AvgIpc) is 2.29. The Labute approximate surface area is 116 Å². The van der Waals surface area contributed by atoms with Crippen LogP contribution in [0.25, 0.3) is 0 Å². The van der Waals surface area contributed by atoms with Crippen molar-refractivity contribution in [2.75, 3.05) is 20.1 Å². The van der Waals surface area contributed by atoms with Gasteiger partial charge in [-0.1, -0.05) is 0 Å². The van der Waals surface area contributed by atoms with E-state index in [0.29, 0.717) is 18.6 Å². The van der Waals surface area contributed by atoms with Gasteiger partial charge in [-0.3, -0.25) is 0 Å². The molecule has 0 aromatic heterocycles. The van der Waals surface area contributed by atoms with Crippen molar-refractivity contribution in [3.8, 4) is 0 Å². The van der Waals surface area contributed by atoms with Crippen LogP contribution in [0.1, 0.15) is 46.5 Å². The van der Waals surface area contributed by atoms with Crippen LogP contribution in [0.2, 0.25) is 0 Å². The first-order chi connectivity index (χ1) is 8.78. The van der Waals surface area contributed by atoms with Gasteiger partial charge in [-0.05, 0) is 46.5 Å². The lowest BCUT2D eigenvalue weighted by Gasteiger charge is -2.28. The fourth-order valence-electron chi connectivity index (χ4n) is 2.19. The number of hydrogen-bond donors (Lipinski definition) is 2. The van der Waals surface area contributed by atoms with Crippen LogP contribution in [0, 0.1) is 0 Å². The number of rotatable bonds is 4. The highest BCUT2D eigenvalue weighted by atomic mass is 16.6. The van der Waals surface area contributed by atoms with Gasteiger partial charge in [-0.15, -0.1) is 0 Å². The summed E-state index contributed by atoms with van der Waals surface area (Å²) in [5, 5.41) is 3.49. The molecular weight excluding hydrogens is 242 g/mol. The number of hydrogen-bond acceptors (Lipinski definition) is 4. The van der Waals surface area contributed by atoms with E-state index >= 15 is 0 Å². The lowest BCUT2D eigenvalue weighted by Crippen LogP contribution is -2.42. The highest BCUT2D eigenvalue weighted by molar-refractivity contribution is 5.67. The molecule has 0 bridgehead atoms. The second-order valence-electron chi connectivity index (χ2n) is 6.47. The van der Waals surface area contributed by atoms with Crippen molar-refractivity contribution in [2.45, 2.75) is 64.1 Å². The van der Waals surface area contributed by atoms with Gasteiger partial charge in [0.2, 0.25) is 0 Å². The van der Waals surface area contributed by atoms with Crippen LogP contribution in [-0.4, -0.2) is 48.8 Å². The largest absolute Gasteiger partial charge is 0.444 e. The Morgan fingerprint density at radius 2 is 1.89 bits per heavy atom. The first kappa shape index (κ1) is 16.2. The summed E-state index contributed by atoms with van der Waals surface area (Å²) in [5.41, 5.74) is 5.44. The minimum atomic E-state index is -0.432. The smallest absolute Gasteiger partial charge is 0.410 e. The first-order valence-corrected chi connectivity index (χ1v) is 7.21. The molecule has 1 aliphatic carbocycles. The van der Waals surface area contributed by atoms with Gasteiger partial charge in [-0.2, -0.15) is 0 Å². The summed E-state index contributed by atoms with van der Waals surface area (Å²) in [6, 6.07) is 0.925. The van der Waals surface area contributed by atoms with E-state index in [1.54, 1.807) is 11.9 Å². The Bertz CT molecular complexity index is 281. The van der Waals surface area contributed by atoms with Crippen LogP contribution in [0.5, 0.6) is 0 Å². The van der Waals surface area contributed by atoms with E-state index in [2.05, 4.69) is 5.32 Å². The van der Waals surface area contributed by atoms with Crippen molar-refractivity contribution in [1.29, 1.82) is 0 Å². The molecule has 0 atom stereocenters. The maximum Gasteiger partial charge on any atom is 0.410 e.